The van der Waals surface area contributed by atoms with Crippen molar-refractivity contribution in [1.29, 1.82) is 0 Å². The largest absolute Gasteiger partial charge is 0.465 e. The third-order valence-corrected chi connectivity index (χ3v) is 7.41. The monoisotopic (exact) mass is 615 g/mol. The third-order valence-electron chi connectivity index (χ3n) is 7.41. The molecule has 0 aliphatic heterocycles. The van der Waals surface area contributed by atoms with Crippen LogP contribution in [0.15, 0.2) is 109 Å². The van der Waals surface area contributed by atoms with Gasteiger partial charge in [0.25, 0.3) is 5.91 Å². The molecule has 232 valence electrons. The normalized spacial score (nSPS) is 10.5. The number of benzene rings is 4. The van der Waals surface area contributed by atoms with Crippen LogP contribution in [0.3, 0.4) is 0 Å². The Balaban J connectivity index is 0.000000181. The van der Waals surface area contributed by atoms with Crippen molar-refractivity contribution in [3.8, 4) is 22.8 Å². The highest BCUT2D eigenvalue weighted by atomic mass is 16.5. The SMILES string of the molecule is COC(=O)c1ccc(Cc2nnc(-c3ccccc3)n2C)cc1.Cn1c(Cc2ccc(C(=O)NO)cc2)nnc1-c1ccccc1. The molecular weight excluding hydrogens is 582 g/mol. The van der Waals surface area contributed by atoms with E-state index in [1.807, 2.05) is 108 Å². The van der Waals surface area contributed by atoms with Crippen LogP contribution in [0, 0.1) is 0 Å². The smallest absolute Gasteiger partial charge is 0.337 e. The van der Waals surface area contributed by atoms with E-state index in [1.165, 1.54) is 7.11 Å². The first-order chi connectivity index (χ1) is 22.4. The number of rotatable bonds is 8. The Morgan fingerprint density at radius 1 is 0.630 bits per heavy atom. The van der Waals surface area contributed by atoms with Crippen LogP contribution in [0.2, 0.25) is 0 Å². The summed E-state index contributed by atoms with van der Waals surface area (Å²) in [6, 6.07) is 34.2. The van der Waals surface area contributed by atoms with Crippen molar-refractivity contribution >= 4 is 11.9 Å². The van der Waals surface area contributed by atoms with Gasteiger partial charge in [-0.1, -0.05) is 84.9 Å². The summed E-state index contributed by atoms with van der Waals surface area (Å²) >= 11 is 0. The first-order valence-electron chi connectivity index (χ1n) is 14.5. The van der Waals surface area contributed by atoms with Crippen LogP contribution < -0.4 is 5.48 Å². The molecule has 46 heavy (non-hydrogen) atoms. The minimum absolute atomic E-state index is 0.332. The van der Waals surface area contributed by atoms with E-state index in [0.717, 1.165) is 45.6 Å². The minimum Gasteiger partial charge on any atom is -0.465 e. The lowest BCUT2D eigenvalue weighted by molar-refractivity contribution is 0.0600. The molecule has 0 unspecified atom stereocenters. The number of hydrogen-bond acceptors (Lipinski definition) is 8. The Kier molecular flexibility index (Phi) is 10.1. The first kappa shape index (κ1) is 31.5. The van der Waals surface area contributed by atoms with Crippen molar-refractivity contribution in [2.75, 3.05) is 7.11 Å². The molecule has 2 heterocycles. The minimum atomic E-state index is -0.526. The number of amides is 1. The summed E-state index contributed by atoms with van der Waals surface area (Å²) in [5, 5.41) is 25.7. The first-order valence-corrected chi connectivity index (χ1v) is 14.5. The van der Waals surface area contributed by atoms with Crippen molar-refractivity contribution in [1.82, 2.24) is 35.0 Å². The molecule has 2 aromatic heterocycles. The molecule has 0 atom stereocenters. The molecule has 6 rings (SSSR count). The molecule has 4 aromatic carbocycles. The Bertz CT molecular complexity index is 1760. The van der Waals surface area contributed by atoms with Gasteiger partial charge in [0.2, 0.25) is 0 Å². The van der Waals surface area contributed by atoms with Crippen LogP contribution in [-0.2, 0) is 31.7 Å². The molecule has 0 spiro atoms. The van der Waals surface area contributed by atoms with E-state index in [2.05, 4.69) is 20.4 Å². The maximum Gasteiger partial charge on any atom is 0.337 e. The number of ether oxygens (including phenoxy) is 1. The molecule has 0 radical (unpaired) electrons. The molecule has 11 heteroatoms. The molecule has 1 amide bonds. The molecular formula is C35H33N7O4. The summed E-state index contributed by atoms with van der Waals surface area (Å²) in [6.45, 7) is 0. The Labute approximate surface area is 266 Å². The zero-order valence-corrected chi connectivity index (χ0v) is 25.7. The van der Waals surface area contributed by atoms with Gasteiger partial charge in [-0.25, -0.2) is 10.3 Å². The van der Waals surface area contributed by atoms with E-state index >= 15 is 0 Å². The topological polar surface area (TPSA) is 137 Å². The number of carbonyl (C=O) groups is 2. The van der Waals surface area contributed by atoms with Gasteiger partial charge in [-0.05, 0) is 35.4 Å². The predicted molar refractivity (Wildman–Crippen MR) is 172 cm³/mol. The van der Waals surface area contributed by atoms with Crippen LogP contribution in [-0.4, -0.2) is 53.7 Å². The lowest BCUT2D eigenvalue weighted by Crippen LogP contribution is -2.18. The van der Waals surface area contributed by atoms with Crippen LogP contribution in [0.4, 0.5) is 0 Å². The summed E-state index contributed by atoms with van der Waals surface area (Å²) in [6.07, 6.45) is 1.26. The van der Waals surface area contributed by atoms with Crippen molar-refractivity contribution in [3.05, 3.63) is 143 Å². The highest BCUT2D eigenvalue weighted by Crippen LogP contribution is 2.20. The van der Waals surface area contributed by atoms with E-state index in [-0.39, 0.29) is 5.97 Å². The summed E-state index contributed by atoms with van der Waals surface area (Å²) in [4.78, 5) is 22.8. The van der Waals surface area contributed by atoms with Gasteiger partial charge in [-0.3, -0.25) is 10.0 Å². The highest BCUT2D eigenvalue weighted by molar-refractivity contribution is 5.93. The van der Waals surface area contributed by atoms with Gasteiger partial charge < -0.3 is 13.9 Å². The fraction of sp³-hybridized carbons (Fsp3) is 0.143. The fourth-order valence-electron chi connectivity index (χ4n) is 4.79. The Morgan fingerprint density at radius 3 is 1.43 bits per heavy atom. The third kappa shape index (κ3) is 7.40. The lowest BCUT2D eigenvalue weighted by Gasteiger charge is -2.05. The molecule has 11 nitrogen and oxygen atoms in total. The van der Waals surface area contributed by atoms with Crippen LogP contribution in [0.1, 0.15) is 43.5 Å². The van der Waals surface area contributed by atoms with Gasteiger partial charge in [0.15, 0.2) is 11.6 Å². The average Bonchev–Trinajstić information content (AvgIpc) is 3.66. The second kappa shape index (κ2) is 14.7. The molecule has 0 saturated carbocycles. The number of nitrogens with one attached hydrogen (secondary N) is 1. The van der Waals surface area contributed by atoms with Crippen LogP contribution >= 0.6 is 0 Å². The highest BCUT2D eigenvalue weighted by Gasteiger charge is 2.13. The Morgan fingerprint density at radius 2 is 1.04 bits per heavy atom. The summed E-state index contributed by atoms with van der Waals surface area (Å²) < 4.78 is 8.65. The summed E-state index contributed by atoms with van der Waals surface area (Å²) in [5.74, 6) is 2.50. The van der Waals surface area contributed by atoms with Crippen molar-refractivity contribution < 1.29 is 19.5 Å². The Hall–Kier alpha value is -5.94. The number of esters is 1. The van der Waals surface area contributed by atoms with Gasteiger partial charge in [-0.15, -0.1) is 20.4 Å². The second-order valence-electron chi connectivity index (χ2n) is 10.4. The molecule has 0 aliphatic carbocycles. The molecule has 0 bridgehead atoms. The van der Waals surface area contributed by atoms with E-state index < -0.39 is 5.91 Å². The van der Waals surface area contributed by atoms with E-state index in [1.54, 1.807) is 29.7 Å². The number of hydroxylamine groups is 1. The maximum atomic E-state index is 11.4. The van der Waals surface area contributed by atoms with Crippen molar-refractivity contribution in [2.45, 2.75) is 12.8 Å². The zero-order valence-electron chi connectivity index (χ0n) is 25.7. The maximum absolute atomic E-state index is 11.4. The van der Waals surface area contributed by atoms with Crippen molar-refractivity contribution in [3.63, 3.8) is 0 Å². The quantitative estimate of drug-likeness (QED) is 0.138. The number of methoxy groups -OCH3 is 1. The van der Waals surface area contributed by atoms with Gasteiger partial charge in [0.05, 0.1) is 12.7 Å². The molecule has 0 aliphatic rings. The summed E-state index contributed by atoms with van der Waals surface area (Å²) in [7, 11) is 5.27. The zero-order chi connectivity index (χ0) is 32.5. The molecule has 0 saturated heterocycles. The molecule has 0 fully saturated rings. The van der Waals surface area contributed by atoms with Gasteiger partial charge in [-0.2, -0.15) is 0 Å². The van der Waals surface area contributed by atoms with E-state index in [0.29, 0.717) is 24.0 Å². The molecule has 6 aromatic rings. The lowest BCUT2D eigenvalue weighted by atomic mass is 10.1. The number of hydrogen-bond donors (Lipinski definition) is 2. The van der Waals surface area contributed by atoms with Crippen LogP contribution in [0.5, 0.6) is 0 Å². The van der Waals surface area contributed by atoms with E-state index in [4.69, 9.17) is 9.94 Å². The van der Waals surface area contributed by atoms with Crippen molar-refractivity contribution in [2.24, 2.45) is 14.1 Å². The fourth-order valence-corrected chi connectivity index (χ4v) is 4.79. The number of nitrogens with zero attached hydrogens (tertiary/aromatic N) is 6. The standard InChI is InChI=1S/C18H17N3O2.C17H16N4O2/c1-21-16(19-20-17(21)14-6-4-3-5-7-14)12-13-8-10-15(11-9-13)18(22)23-2;1-21-15(18-19-16(21)13-5-3-2-4-6-13)11-12-7-9-14(10-8-12)17(22)20-23/h3-11H,12H2,1-2H3;2-10,23H,11H2,1H3,(H,20,22). The number of aromatic nitrogens is 6. The van der Waals surface area contributed by atoms with E-state index in [9.17, 15) is 9.59 Å². The van der Waals surface area contributed by atoms with Gasteiger partial charge in [0, 0.05) is 43.6 Å². The van der Waals surface area contributed by atoms with Gasteiger partial charge >= 0.3 is 5.97 Å². The summed E-state index contributed by atoms with van der Waals surface area (Å²) in [5.41, 5.74) is 6.68. The second-order valence-corrected chi connectivity index (χ2v) is 10.4. The molecule has 2 N–H and O–H groups in total. The van der Waals surface area contributed by atoms with Crippen LogP contribution in [0.25, 0.3) is 22.8 Å². The number of carbonyl (C=O) groups excluding carboxylic acids is 2. The average molecular weight is 616 g/mol. The predicted octanol–water partition coefficient (Wildman–Crippen LogP) is 5.05. The van der Waals surface area contributed by atoms with Gasteiger partial charge in [0.1, 0.15) is 11.6 Å².